The van der Waals surface area contributed by atoms with Gasteiger partial charge in [0.2, 0.25) is 0 Å². The van der Waals surface area contributed by atoms with Crippen molar-refractivity contribution in [1.29, 1.82) is 0 Å². The highest BCUT2D eigenvalue weighted by Crippen LogP contribution is 2.16. The molecule has 0 saturated heterocycles. The minimum Gasteiger partial charge on any atom is -0.508 e. The highest BCUT2D eigenvalue weighted by atomic mass is 16.3. The van der Waals surface area contributed by atoms with E-state index in [0.29, 0.717) is 11.3 Å². The summed E-state index contributed by atoms with van der Waals surface area (Å²) in [5, 5.41) is 12.0. The van der Waals surface area contributed by atoms with Crippen molar-refractivity contribution in [3.05, 3.63) is 53.9 Å². The molecule has 1 heterocycles. The van der Waals surface area contributed by atoms with Crippen LogP contribution in [0, 0.1) is 6.92 Å². The number of hydrogen-bond donors (Lipinski definition) is 2. The van der Waals surface area contributed by atoms with Crippen LogP contribution in [0.3, 0.4) is 0 Å². The van der Waals surface area contributed by atoms with Crippen LogP contribution in [0.1, 0.15) is 16.1 Å². The molecule has 2 N–H and O–H groups in total. The summed E-state index contributed by atoms with van der Waals surface area (Å²) in [7, 11) is 0. The molecule has 0 atom stereocenters. The second kappa shape index (κ2) is 4.65. The SMILES string of the molecule is Cc1cc(C(=O)Nc2cccc(O)c2)ccn1. The van der Waals surface area contributed by atoms with Crippen molar-refractivity contribution in [3.63, 3.8) is 0 Å². The molecule has 17 heavy (non-hydrogen) atoms. The summed E-state index contributed by atoms with van der Waals surface area (Å²) < 4.78 is 0. The zero-order valence-corrected chi connectivity index (χ0v) is 9.34. The Morgan fingerprint density at radius 3 is 2.82 bits per heavy atom. The number of amides is 1. The van der Waals surface area contributed by atoms with Crippen molar-refractivity contribution in [3.8, 4) is 5.75 Å². The van der Waals surface area contributed by atoms with Gasteiger partial charge in [0, 0.05) is 29.2 Å². The Balaban J connectivity index is 2.17. The van der Waals surface area contributed by atoms with Crippen LogP contribution in [0.5, 0.6) is 5.75 Å². The number of anilines is 1. The van der Waals surface area contributed by atoms with Crippen LogP contribution in [0.15, 0.2) is 42.6 Å². The van der Waals surface area contributed by atoms with Crippen LogP contribution >= 0.6 is 0 Å². The molecule has 0 unspecified atom stereocenters. The highest BCUT2D eigenvalue weighted by Gasteiger charge is 2.06. The average Bonchev–Trinajstić information content (AvgIpc) is 2.29. The molecule has 4 nitrogen and oxygen atoms in total. The van der Waals surface area contributed by atoms with Gasteiger partial charge in [0.05, 0.1) is 0 Å². The molecule has 1 amide bonds. The number of nitrogens with one attached hydrogen (secondary N) is 1. The van der Waals surface area contributed by atoms with Crippen LogP contribution < -0.4 is 5.32 Å². The van der Waals surface area contributed by atoms with Crippen LogP contribution in [0.2, 0.25) is 0 Å². The van der Waals surface area contributed by atoms with Crippen LogP contribution in [-0.2, 0) is 0 Å². The van der Waals surface area contributed by atoms with Gasteiger partial charge in [-0.15, -0.1) is 0 Å². The number of pyridine rings is 1. The average molecular weight is 228 g/mol. The van der Waals surface area contributed by atoms with E-state index in [9.17, 15) is 9.90 Å². The van der Waals surface area contributed by atoms with Gasteiger partial charge in [0.25, 0.3) is 5.91 Å². The maximum Gasteiger partial charge on any atom is 0.255 e. The standard InChI is InChI=1S/C13H12N2O2/c1-9-7-10(5-6-14-9)13(17)15-11-3-2-4-12(16)8-11/h2-8,16H,1H3,(H,15,17). The van der Waals surface area contributed by atoms with Gasteiger partial charge in [-0.05, 0) is 31.2 Å². The van der Waals surface area contributed by atoms with E-state index in [1.807, 2.05) is 6.92 Å². The number of aromatic nitrogens is 1. The number of carbonyl (C=O) groups excluding carboxylic acids is 1. The van der Waals surface area contributed by atoms with Crippen LogP contribution in [-0.4, -0.2) is 16.0 Å². The predicted octanol–water partition coefficient (Wildman–Crippen LogP) is 2.35. The lowest BCUT2D eigenvalue weighted by molar-refractivity contribution is 0.102. The summed E-state index contributed by atoms with van der Waals surface area (Å²) in [5.41, 5.74) is 1.89. The van der Waals surface area contributed by atoms with Gasteiger partial charge < -0.3 is 10.4 Å². The Labute approximate surface area is 98.9 Å². The van der Waals surface area contributed by atoms with E-state index in [1.165, 1.54) is 6.07 Å². The van der Waals surface area contributed by atoms with Gasteiger partial charge in [-0.2, -0.15) is 0 Å². The van der Waals surface area contributed by atoms with E-state index in [0.717, 1.165) is 5.69 Å². The maximum absolute atomic E-state index is 11.9. The molecule has 2 aromatic rings. The third-order valence-corrected chi connectivity index (χ3v) is 2.26. The Hall–Kier alpha value is -2.36. The number of benzene rings is 1. The summed E-state index contributed by atoms with van der Waals surface area (Å²) >= 11 is 0. The van der Waals surface area contributed by atoms with E-state index in [-0.39, 0.29) is 11.7 Å². The van der Waals surface area contributed by atoms with Gasteiger partial charge in [-0.1, -0.05) is 6.07 Å². The largest absolute Gasteiger partial charge is 0.508 e. The van der Waals surface area contributed by atoms with E-state index in [4.69, 9.17) is 0 Å². The summed E-state index contributed by atoms with van der Waals surface area (Å²) in [6.45, 7) is 1.82. The monoisotopic (exact) mass is 228 g/mol. The predicted molar refractivity (Wildman–Crippen MR) is 65.0 cm³/mol. The minimum absolute atomic E-state index is 0.119. The Morgan fingerprint density at radius 1 is 1.29 bits per heavy atom. The van der Waals surface area contributed by atoms with E-state index in [1.54, 1.807) is 36.5 Å². The number of rotatable bonds is 2. The van der Waals surface area contributed by atoms with Crippen molar-refractivity contribution in [2.45, 2.75) is 6.92 Å². The number of carbonyl (C=O) groups is 1. The number of phenols is 1. The first kappa shape index (κ1) is 11.1. The quantitative estimate of drug-likeness (QED) is 0.829. The number of aryl methyl sites for hydroxylation is 1. The Kier molecular flexibility index (Phi) is 3.05. The van der Waals surface area contributed by atoms with Crippen molar-refractivity contribution >= 4 is 11.6 Å². The minimum atomic E-state index is -0.221. The molecule has 2 rings (SSSR count). The number of hydrogen-bond acceptors (Lipinski definition) is 3. The molecule has 4 heteroatoms. The number of aromatic hydroxyl groups is 1. The molecule has 0 radical (unpaired) electrons. The van der Waals surface area contributed by atoms with Crippen molar-refractivity contribution < 1.29 is 9.90 Å². The van der Waals surface area contributed by atoms with E-state index >= 15 is 0 Å². The molecular weight excluding hydrogens is 216 g/mol. The molecule has 0 spiro atoms. The van der Waals surface area contributed by atoms with Crippen molar-refractivity contribution in [1.82, 2.24) is 4.98 Å². The van der Waals surface area contributed by atoms with Gasteiger partial charge in [-0.3, -0.25) is 9.78 Å². The fourth-order valence-corrected chi connectivity index (χ4v) is 1.47. The third-order valence-electron chi connectivity index (χ3n) is 2.26. The number of nitrogens with zero attached hydrogens (tertiary/aromatic N) is 1. The van der Waals surface area contributed by atoms with E-state index in [2.05, 4.69) is 10.3 Å². The van der Waals surface area contributed by atoms with Gasteiger partial charge in [0.1, 0.15) is 5.75 Å². The van der Waals surface area contributed by atoms with Crippen molar-refractivity contribution in [2.75, 3.05) is 5.32 Å². The van der Waals surface area contributed by atoms with Gasteiger partial charge >= 0.3 is 0 Å². The fourth-order valence-electron chi connectivity index (χ4n) is 1.47. The first-order chi connectivity index (χ1) is 8.15. The lowest BCUT2D eigenvalue weighted by Crippen LogP contribution is -2.12. The molecule has 1 aromatic heterocycles. The normalized spacial score (nSPS) is 9.94. The molecule has 0 aliphatic rings. The van der Waals surface area contributed by atoms with Crippen LogP contribution in [0.4, 0.5) is 5.69 Å². The Morgan fingerprint density at radius 2 is 2.12 bits per heavy atom. The highest BCUT2D eigenvalue weighted by molar-refractivity contribution is 6.04. The molecule has 0 aliphatic heterocycles. The summed E-state index contributed by atoms with van der Waals surface area (Å²) in [5.74, 6) is -0.102. The lowest BCUT2D eigenvalue weighted by atomic mass is 10.2. The zero-order chi connectivity index (χ0) is 12.3. The zero-order valence-electron chi connectivity index (χ0n) is 9.34. The molecule has 86 valence electrons. The van der Waals surface area contributed by atoms with Crippen LogP contribution in [0.25, 0.3) is 0 Å². The second-order valence-corrected chi connectivity index (χ2v) is 3.69. The first-order valence-corrected chi connectivity index (χ1v) is 5.18. The topological polar surface area (TPSA) is 62.2 Å². The summed E-state index contributed by atoms with van der Waals surface area (Å²) in [6, 6.07) is 9.77. The second-order valence-electron chi connectivity index (χ2n) is 3.69. The fraction of sp³-hybridized carbons (Fsp3) is 0.0769. The molecule has 0 saturated carbocycles. The molecule has 0 bridgehead atoms. The van der Waals surface area contributed by atoms with Gasteiger partial charge in [0.15, 0.2) is 0 Å². The smallest absolute Gasteiger partial charge is 0.255 e. The van der Waals surface area contributed by atoms with Crippen molar-refractivity contribution in [2.24, 2.45) is 0 Å². The third kappa shape index (κ3) is 2.81. The molecular formula is C13H12N2O2. The molecule has 0 aliphatic carbocycles. The van der Waals surface area contributed by atoms with Gasteiger partial charge in [-0.25, -0.2) is 0 Å². The molecule has 1 aromatic carbocycles. The maximum atomic E-state index is 11.9. The molecule has 0 fully saturated rings. The van der Waals surface area contributed by atoms with E-state index < -0.39 is 0 Å². The summed E-state index contributed by atoms with van der Waals surface area (Å²) in [4.78, 5) is 15.9. The lowest BCUT2D eigenvalue weighted by Gasteiger charge is -2.05. The Bertz CT molecular complexity index is 553. The number of phenolic OH excluding ortho intramolecular Hbond substituents is 1. The first-order valence-electron chi connectivity index (χ1n) is 5.18. The summed E-state index contributed by atoms with van der Waals surface area (Å²) in [6.07, 6.45) is 1.59.